The molecule has 0 spiro atoms. The standard InChI is InChI=1S/C15H18N4O/c1-9(2)13-7-11(8-14(16)18-13)15(20)19-12-5-4-6-17-10(12)3/h4-9H,1-3H3,(H2,16,18)(H,19,20). The molecular weight excluding hydrogens is 252 g/mol. The molecule has 0 aliphatic heterocycles. The van der Waals surface area contributed by atoms with E-state index in [0.717, 1.165) is 11.4 Å². The summed E-state index contributed by atoms with van der Waals surface area (Å²) in [7, 11) is 0. The number of amides is 1. The average molecular weight is 270 g/mol. The quantitative estimate of drug-likeness (QED) is 0.898. The second kappa shape index (κ2) is 5.69. The van der Waals surface area contributed by atoms with Crippen molar-refractivity contribution in [2.45, 2.75) is 26.7 Å². The molecule has 0 radical (unpaired) electrons. The molecule has 2 rings (SSSR count). The summed E-state index contributed by atoms with van der Waals surface area (Å²) in [5, 5.41) is 2.84. The highest BCUT2D eigenvalue weighted by molar-refractivity contribution is 6.05. The Labute approximate surface area is 118 Å². The van der Waals surface area contributed by atoms with Crippen LogP contribution in [0, 0.1) is 6.92 Å². The van der Waals surface area contributed by atoms with Crippen molar-refractivity contribution in [3.8, 4) is 0 Å². The van der Waals surface area contributed by atoms with Crippen LogP contribution in [-0.4, -0.2) is 15.9 Å². The molecule has 2 heterocycles. The number of nitrogens with zero attached hydrogens (tertiary/aromatic N) is 2. The van der Waals surface area contributed by atoms with Crippen molar-refractivity contribution in [2.24, 2.45) is 0 Å². The normalized spacial score (nSPS) is 10.6. The van der Waals surface area contributed by atoms with Crippen molar-refractivity contribution in [3.63, 3.8) is 0 Å². The minimum atomic E-state index is -0.211. The number of aromatic nitrogens is 2. The van der Waals surface area contributed by atoms with E-state index in [2.05, 4.69) is 15.3 Å². The summed E-state index contributed by atoms with van der Waals surface area (Å²) in [6.45, 7) is 5.86. The third-order valence-corrected chi connectivity index (χ3v) is 2.97. The number of nitrogens with one attached hydrogen (secondary N) is 1. The molecule has 0 fully saturated rings. The zero-order valence-corrected chi connectivity index (χ0v) is 11.8. The molecule has 3 N–H and O–H groups in total. The molecule has 0 aromatic carbocycles. The van der Waals surface area contributed by atoms with Gasteiger partial charge in [0.25, 0.3) is 5.91 Å². The Morgan fingerprint density at radius 3 is 2.75 bits per heavy atom. The van der Waals surface area contributed by atoms with E-state index in [-0.39, 0.29) is 11.8 Å². The third-order valence-electron chi connectivity index (χ3n) is 2.97. The summed E-state index contributed by atoms with van der Waals surface area (Å²) in [5.41, 5.74) is 8.53. The molecule has 5 nitrogen and oxygen atoms in total. The van der Waals surface area contributed by atoms with Crippen LogP contribution < -0.4 is 11.1 Å². The topological polar surface area (TPSA) is 80.9 Å². The number of carbonyl (C=O) groups excluding carboxylic acids is 1. The molecule has 2 aromatic heterocycles. The van der Waals surface area contributed by atoms with Crippen molar-refractivity contribution < 1.29 is 4.79 Å². The second-order valence-corrected chi connectivity index (χ2v) is 4.95. The van der Waals surface area contributed by atoms with E-state index in [1.807, 2.05) is 26.8 Å². The molecule has 0 aliphatic carbocycles. The molecule has 0 atom stereocenters. The minimum absolute atomic E-state index is 0.211. The Kier molecular flexibility index (Phi) is 3.98. The number of hydrogen-bond donors (Lipinski definition) is 2. The summed E-state index contributed by atoms with van der Waals surface area (Å²) in [6, 6.07) is 6.94. The SMILES string of the molecule is Cc1ncccc1NC(=O)c1cc(N)nc(C(C)C)c1. The summed E-state index contributed by atoms with van der Waals surface area (Å²) < 4.78 is 0. The summed E-state index contributed by atoms with van der Waals surface area (Å²) in [5.74, 6) is 0.353. The lowest BCUT2D eigenvalue weighted by molar-refractivity contribution is 0.102. The van der Waals surface area contributed by atoms with Crippen LogP contribution in [0.25, 0.3) is 0 Å². The molecule has 5 heteroatoms. The fraction of sp³-hybridized carbons (Fsp3) is 0.267. The van der Waals surface area contributed by atoms with Gasteiger partial charge in [0.2, 0.25) is 0 Å². The maximum absolute atomic E-state index is 12.3. The molecule has 1 amide bonds. The number of hydrogen-bond acceptors (Lipinski definition) is 4. The highest BCUT2D eigenvalue weighted by Gasteiger charge is 2.12. The van der Waals surface area contributed by atoms with Gasteiger partial charge in [0.05, 0.1) is 11.4 Å². The van der Waals surface area contributed by atoms with Gasteiger partial charge in [-0.15, -0.1) is 0 Å². The van der Waals surface area contributed by atoms with Gasteiger partial charge in [-0.25, -0.2) is 4.98 Å². The van der Waals surface area contributed by atoms with Gasteiger partial charge in [-0.05, 0) is 37.1 Å². The number of nitrogen functional groups attached to an aromatic ring is 1. The Balaban J connectivity index is 2.28. The van der Waals surface area contributed by atoms with Crippen molar-refractivity contribution >= 4 is 17.4 Å². The molecule has 0 bridgehead atoms. The lowest BCUT2D eigenvalue weighted by Gasteiger charge is -2.10. The molecule has 2 aromatic rings. The fourth-order valence-electron chi connectivity index (χ4n) is 1.81. The first-order valence-electron chi connectivity index (χ1n) is 6.48. The van der Waals surface area contributed by atoms with Crippen molar-refractivity contribution in [3.05, 3.63) is 47.4 Å². The van der Waals surface area contributed by atoms with Crippen LogP contribution in [0.5, 0.6) is 0 Å². The van der Waals surface area contributed by atoms with E-state index in [9.17, 15) is 4.79 Å². The second-order valence-electron chi connectivity index (χ2n) is 4.95. The van der Waals surface area contributed by atoms with Crippen molar-refractivity contribution in [1.82, 2.24) is 9.97 Å². The molecule has 104 valence electrons. The lowest BCUT2D eigenvalue weighted by Crippen LogP contribution is -2.14. The summed E-state index contributed by atoms with van der Waals surface area (Å²) in [4.78, 5) is 20.6. The van der Waals surface area contributed by atoms with Gasteiger partial charge >= 0.3 is 0 Å². The molecule has 0 saturated carbocycles. The largest absolute Gasteiger partial charge is 0.384 e. The van der Waals surface area contributed by atoms with E-state index in [4.69, 9.17) is 5.73 Å². The lowest BCUT2D eigenvalue weighted by atomic mass is 10.1. The monoisotopic (exact) mass is 270 g/mol. The fourth-order valence-corrected chi connectivity index (χ4v) is 1.81. The maximum atomic E-state index is 12.3. The number of carbonyl (C=O) groups is 1. The van der Waals surface area contributed by atoms with Crippen molar-refractivity contribution in [1.29, 1.82) is 0 Å². The van der Waals surface area contributed by atoms with E-state index >= 15 is 0 Å². The Hall–Kier alpha value is -2.43. The predicted octanol–water partition coefficient (Wildman–Crippen LogP) is 2.74. The third kappa shape index (κ3) is 3.12. The number of rotatable bonds is 3. The first kappa shape index (κ1) is 14.0. The van der Waals surface area contributed by atoms with Crippen LogP contribution in [0.1, 0.15) is 41.5 Å². The number of nitrogens with two attached hydrogens (primary N) is 1. The van der Waals surface area contributed by atoms with Gasteiger partial charge in [-0.1, -0.05) is 13.8 Å². The van der Waals surface area contributed by atoms with Gasteiger partial charge in [0.1, 0.15) is 5.82 Å². The minimum Gasteiger partial charge on any atom is -0.384 e. The van der Waals surface area contributed by atoms with Gasteiger partial charge in [-0.2, -0.15) is 0 Å². The van der Waals surface area contributed by atoms with E-state index in [0.29, 0.717) is 17.1 Å². The molecule has 0 aliphatic rings. The van der Waals surface area contributed by atoms with Crippen LogP contribution in [0.4, 0.5) is 11.5 Å². The van der Waals surface area contributed by atoms with Crippen molar-refractivity contribution in [2.75, 3.05) is 11.1 Å². The molecule has 20 heavy (non-hydrogen) atoms. The smallest absolute Gasteiger partial charge is 0.255 e. The van der Waals surface area contributed by atoms with Crippen LogP contribution in [0.3, 0.4) is 0 Å². The van der Waals surface area contributed by atoms with Crippen LogP contribution in [-0.2, 0) is 0 Å². The molecule has 0 saturated heterocycles. The molecule has 0 unspecified atom stereocenters. The van der Waals surface area contributed by atoms with Crippen LogP contribution in [0.2, 0.25) is 0 Å². The Bertz CT molecular complexity index is 638. The maximum Gasteiger partial charge on any atom is 0.255 e. The number of pyridine rings is 2. The van der Waals surface area contributed by atoms with E-state index in [1.165, 1.54) is 0 Å². The van der Waals surface area contributed by atoms with E-state index in [1.54, 1.807) is 24.4 Å². The Morgan fingerprint density at radius 2 is 2.10 bits per heavy atom. The van der Waals surface area contributed by atoms with Gasteiger partial charge < -0.3 is 11.1 Å². The van der Waals surface area contributed by atoms with E-state index < -0.39 is 0 Å². The molecular formula is C15H18N4O. The van der Waals surface area contributed by atoms with Gasteiger partial charge in [0, 0.05) is 17.5 Å². The highest BCUT2D eigenvalue weighted by atomic mass is 16.1. The average Bonchev–Trinajstić information content (AvgIpc) is 2.40. The predicted molar refractivity (Wildman–Crippen MR) is 79.7 cm³/mol. The van der Waals surface area contributed by atoms with Crippen LogP contribution >= 0.6 is 0 Å². The van der Waals surface area contributed by atoms with Gasteiger partial charge in [-0.3, -0.25) is 9.78 Å². The summed E-state index contributed by atoms with van der Waals surface area (Å²) >= 11 is 0. The zero-order chi connectivity index (χ0) is 14.7. The first-order valence-corrected chi connectivity index (χ1v) is 6.48. The van der Waals surface area contributed by atoms with Gasteiger partial charge in [0.15, 0.2) is 0 Å². The Morgan fingerprint density at radius 1 is 1.35 bits per heavy atom. The zero-order valence-electron chi connectivity index (χ0n) is 11.8. The number of aryl methyl sites for hydroxylation is 1. The first-order chi connectivity index (χ1) is 9.47. The highest BCUT2D eigenvalue weighted by Crippen LogP contribution is 2.18. The van der Waals surface area contributed by atoms with Crippen LogP contribution in [0.15, 0.2) is 30.5 Å². The number of anilines is 2. The summed E-state index contributed by atoms with van der Waals surface area (Å²) in [6.07, 6.45) is 1.69.